The second-order valence-corrected chi connectivity index (χ2v) is 3.18. The Kier molecular flexibility index (Phi) is 8.46. The smallest absolute Gasteiger partial charge is 0.344 e. The summed E-state index contributed by atoms with van der Waals surface area (Å²) in [6.07, 6.45) is 4.14. The molecule has 88 valence electrons. The predicted molar refractivity (Wildman–Crippen MR) is 59.6 cm³/mol. The number of nitrogens with one attached hydrogen (secondary N) is 1. The highest BCUT2D eigenvalue weighted by Crippen LogP contribution is 1.98. The summed E-state index contributed by atoms with van der Waals surface area (Å²) >= 11 is 0. The van der Waals surface area contributed by atoms with E-state index in [-0.39, 0.29) is 5.96 Å². The minimum atomic E-state index is -0.480. The number of carbonyl (C=O) groups excluding carboxylic acids is 1. The van der Waals surface area contributed by atoms with Gasteiger partial charge in [-0.25, -0.2) is 4.79 Å². The fourth-order valence-corrected chi connectivity index (χ4v) is 1.08. The molecule has 0 aromatic heterocycles. The summed E-state index contributed by atoms with van der Waals surface area (Å²) in [6.45, 7) is 1.39. The Hall–Kier alpha value is -1.30. The topological polar surface area (TPSA) is 103 Å². The maximum Gasteiger partial charge on any atom is 0.344 e. The highest BCUT2D eigenvalue weighted by Gasteiger charge is 1.96. The van der Waals surface area contributed by atoms with Crippen molar-refractivity contribution in [3.05, 3.63) is 0 Å². The van der Waals surface area contributed by atoms with Gasteiger partial charge in [-0.05, 0) is 12.8 Å². The highest BCUT2D eigenvalue weighted by molar-refractivity contribution is 5.90. The number of urea groups is 1. The van der Waals surface area contributed by atoms with Gasteiger partial charge in [0.15, 0.2) is 5.96 Å². The van der Waals surface area contributed by atoms with Crippen molar-refractivity contribution in [2.45, 2.75) is 25.7 Å². The van der Waals surface area contributed by atoms with E-state index in [0.717, 1.165) is 32.3 Å². The quantitative estimate of drug-likeness (QED) is 0.321. The Labute approximate surface area is 90.1 Å². The molecule has 0 radical (unpaired) electrons. The summed E-state index contributed by atoms with van der Waals surface area (Å²) in [4.78, 5) is 14.2. The van der Waals surface area contributed by atoms with Crippen LogP contribution < -0.4 is 16.8 Å². The van der Waals surface area contributed by atoms with Crippen molar-refractivity contribution in [3.8, 4) is 0 Å². The van der Waals surface area contributed by atoms with Crippen LogP contribution in [0, 0.1) is 0 Å². The molecule has 0 bridgehead atoms. The minimum absolute atomic E-state index is 0.215. The fourth-order valence-electron chi connectivity index (χ4n) is 1.08. The van der Waals surface area contributed by atoms with E-state index in [0.29, 0.717) is 6.54 Å². The molecule has 0 fully saturated rings. The van der Waals surface area contributed by atoms with Gasteiger partial charge in [-0.15, -0.1) is 0 Å². The van der Waals surface area contributed by atoms with Crippen molar-refractivity contribution in [3.63, 3.8) is 0 Å². The molecule has 0 spiro atoms. The number of nitrogens with zero attached hydrogens (tertiary/aromatic N) is 1. The molecule has 0 aliphatic rings. The van der Waals surface area contributed by atoms with Crippen LogP contribution in [0.15, 0.2) is 4.99 Å². The number of unbranched alkanes of at least 4 members (excludes halogenated alkanes) is 3. The zero-order valence-corrected chi connectivity index (χ0v) is 9.16. The van der Waals surface area contributed by atoms with E-state index in [9.17, 15) is 4.79 Å². The molecule has 0 aliphatic carbocycles. The number of ether oxygens (including phenoxy) is 1. The molecule has 5 N–H and O–H groups in total. The average molecular weight is 216 g/mol. The lowest BCUT2D eigenvalue weighted by molar-refractivity contribution is 0.192. The molecule has 6 heteroatoms. The molecular formula is C9H20N4O2. The molecule has 15 heavy (non-hydrogen) atoms. The standard InChI is InChI=1S/C9H20N4O2/c1-15-7-5-3-2-4-6-12-9(14)13-8(10)11/h2-7H2,1H3,(H5,10,11,12,13,14). The minimum Gasteiger partial charge on any atom is -0.385 e. The van der Waals surface area contributed by atoms with Crippen molar-refractivity contribution >= 4 is 12.0 Å². The van der Waals surface area contributed by atoms with Crippen molar-refractivity contribution in [2.75, 3.05) is 20.3 Å². The molecule has 0 aliphatic heterocycles. The van der Waals surface area contributed by atoms with Crippen molar-refractivity contribution < 1.29 is 9.53 Å². The van der Waals surface area contributed by atoms with Crippen LogP contribution in [-0.2, 0) is 4.74 Å². The van der Waals surface area contributed by atoms with Crippen LogP contribution in [0.25, 0.3) is 0 Å². The van der Waals surface area contributed by atoms with E-state index in [1.54, 1.807) is 7.11 Å². The molecule has 0 saturated heterocycles. The van der Waals surface area contributed by atoms with E-state index < -0.39 is 6.03 Å². The number of methoxy groups -OCH3 is 1. The first-order chi connectivity index (χ1) is 7.16. The number of hydrogen-bond donors (Lipinski definition) is 3. The second-order valence-electron chi connectivity index (χ2n) is 3.18. The molecule has 0 saturated carbocycles. The number of rotatable bonds is 7. The van der Waals surface area contributed by atoms with Crippen molar-refractivity contribution in [2.24, 2.45) is 16.5 Å². The summed E-state index contributed by atoms with van der Waals surface area (Å²) in [5.74, 6) is -0.215. The summed E-state index contributed by atoms with van der Waals surface area (Å²) in [6, 6.07) is -0.480. The van der Waals surface area contributed by atoms with Crippen LogP contribution in [0.4, 0.5) is 4.79 Å². The van der Waals surface area contributed by atoms with Gasteiger partial charge in [0, 0.05) is 20.3 Å². The van der Waals surface area contributed by atoms with Crippen LogP contribution in [0.3, 0.4) is 0 Å². The monoisotopic (exact) mass is 216 g/mol. The molecule has 0 rings (SSSR count). The second kappa shape index (κ2) is 9.26. The number of aliphatic imine (C=N–C) groups is 1. The largest absolute Gasteiger partial charge is 0.385 e. The third kappa shape index (κ3) is 10.6. The predicted octanol–water partition coefficient (Wildman–Crippen LogP) is 0.176. The SMILES string of the molecule is COCCCCCCNC(=O)N=C(N)N. The van der Waals surface area contributed by atoms with Gasteiger partial charge in [0.05, 0.1) is 0 Å². The van der Waals surface area contributed by atoms with Gasteiger partial charge in [0.25, 0.3) is 0 Å². The van der Waals surface area contributed by atoms with Crippen LogP contribution in [0.5, 0.6) is 0 Å². The Bertz CT molecular complexity index is 202. The van der Waals surface area contributed by atoms with Gasteiger partial charge < -0.3 is 21.5 Å². The van der Waals surface area contributed by atoms with E-state index >= 15 is 0 Å². The Balaban J connectivity index is 3.24. The van der Waals surface area contributed by atoms with Gasteiger partial charge in [0.1, 0.15) is 0 Å². The zero-order chi connectivity index (χ0) is 11.5. The number of amides is 2. The fraction of sp³-hybridized carbons (Fsp3) is 0.778. The van der Waals surface area contributed by atoms with Crippen LogP contribution in [-0.4, -0.2) is 32.3 Å². The van der Waals surface area contributed by atoms with Gasteiger partial charge >= 0.3 is 6.03 Å². The average Bonchev–Trinajstić information content (AvgIpc) is 2.15. The third-order valence-corrected chi connectivity index (χ3v) is 1.78. The maximum atomic E-state index is 10.9. The molecule has 0 unspecified atom stereocenters. The normalized spacial score (nSPS) is 9.67. The van der Waals surface area contributed by atoms with Gasteiger partial charge in [-0.3, -0.25) is 0 Å². The summed E-state index contributed by atoms with van der Waals surface area (Å²) in [5.41, 5.74) is 10.1. The highest BCUT2D eigenvalue weighted by atomic mass is 16.5. The van der Waals surface area contributed by atoms with Crippen molar-refractivity contribution in [1.29, 1.82) is 0 Å². The lowest BCUT2D eigenvalue weighted by Gasteiger charge is -2.02. The van der Waals surface area contributed by atoms with Crippen molar-refractivity contribution in [1.82, 2.24) is 5.32 Å². The Morgan fingerprint density at radius 1 is 1.27 bits per heavy atom. The molecule has 0 aromatic carbocycles. The zero-order valence-electron chi connectivity index (χ0n) is 9.16. The summed E-state index contributed by atoms with van der Waals surface area (Å²) < 4.78 is 4.92. The molecule has 0 aromatic rings. The number of carbonyl (C=O) groups is 1. The van der Waals surface area contributed by atoms with Gasteiger partial charge in [-0.2, -0.15) is 4.99 Å². The van der Waals surface area contributed by atoms with E-state index in [4.69, 9.17) is 16.2 Å². The van der Waals surface area contributed by atoms with Gasteiger partial charge in [-0.1, -0.05) is 12.8 Å². The molecule has 6 nitrogen and oxygen atoms in total. The van der Waals surface area contributed by atoms with Crippen LogP contribution >= 0.6 is 0 Å². The van der Waals surface area contributed by atoms with E-state index in [2.05, 4.69) is 10.3 Å². The van der Waals surface area contributed by atoms with E-state index in [1.807, 2.05) is 0 Å². The lowest BCUT2D eigenvalue weighted by atomic mass is 10.2. The Morgan fingerprint density at radius 2 is 1.93 bits per heavy atom. The first kappa shape index (κ1) is 13.7. The first-order valence-corrected chi connectivity index (χ1v) is 5.03. The molecule has 0 atom stereocenters. The number of hydrogen-bond acceptors (Lipinski definition) is 2. The van der Waals surface area contributed by atoms with Gasteiger partial charge in [0.2, 0.25) is 0 Å². The molecule has 0 heterocycles. The first-order valence-electron chi connectivity index (χ1n) is 5.03. The number of guanidine groups is 1. The number of nitrogens with two attached hydrogens (primary N) is 2. The maximum absolute atomic E-state index is 10.9. The third-order valence-electron chi connectivity index (χ3n) is 1.78. The summed E-state index contributed by atoms with van der Waals surface area (Å²) in [5, 5.41) is 2.59. The van der Waals surface area contributed by atoms with E-state index in [1.165, 1.54) is 0 Å². The molecular weight excluding hydrogens is 196 g/mol. The van der Waals surface area contributed by atoms with Crippen LogP contribution in [0.2, 0.25) is 0 Å². The summed E-state index contributed by atoms with van der Waals surface area (Å²) in [7, 11) is 1.69. The molecule has 2 amide bonds. The Morgan fingerprint density at radius 3 is 2.53 bits per heavy atom. The lowest BCUT2D eigenvalue weighted by Crippen LogP contribution is -2.29. The van der Waals surface area contributed by atoms with Crippen LogP contribution in [0.1, 0.15) is 25.7 Å².